The molecule has 4 N–H and O–H groups in total. The van der Waals surface area contributed by atoms with Crippen molar-refractivity contribution in [3.05, 3.63) is 11.5 Å². The predicted molar refractivity (Wildman–Crippen MR) is 107 cm³/mol. The van der Waals surface area contributed by atoms with Gasteiger partial charge in [0.2, 0.25) is 5.76 Å². The van der Waals surface area contributed by atoms with Gasteiger partial charge in [0, 0.05) is 0 Å². The molecule has 29 heavy (non-hydrogen) atoms. The number of rotatable bonds is 18. The molecule has 0 aliphatic carbocycles. The summed E-state index contributed by atoms with van der Waals surface area (Å²) in [5.41, 5.74) is 0. The van der Waals surface area contributed by atoms with Crippen LogP contribution in [0.25, 0.3) is 0 Å². The third kappa shape index (κ3) is 9.80. The van der Waals surface area contributed by atoms with Gasteiger partial charge in [0.25, 0.3) is 0 Å². The Morgan fingerprint density at radius 2 is 1.48 bits per heavy atom. The summed E-state index contributed by atoms with van der Waals surface area (Å²) in [6, 6.07) is 0. The first kappa shape index (κ1) is 25.7. The average Bonchev–Trinajstić information content (AvgIpc) is 3.04. The number of carbonyl (C=O) groups is 1. The first-order valence-electron chi connectivity index (χ1n) is 10.8. The zero-order valence-electron chi connectivity index (χ0n) is 17.6. The molecular weight excluding hydrogens is 380 g/mol. The molecule has 1 heterocycles. The number of unbranched alkanes of at least 4 members (excludes halogenated alkanes) is 9. The van der Waals surface area contributed by atoms with Crippen LogP contribution in [0.2, 0.25) is 0 Å². The highest BCUT2D eigenvalue weighted by atomic mass is 16.6. The maximum atomic E-state index is 12.1. The molecule has 1 unspecified atom stereocenters. The number of esters is 1. The van der Waals surface area contributed by atoms with E-state index < -0.39 is 37.5 Å². The number of ether oxygens (including phenoxy) is 3. The normalized spacial score (nSPS) is 18.7. The molecule has 0 spiro atoms. The monoisotopic (exact) mass is 418 g/mol. The largest absolute Gasteiger partial charge is 0.487 e. The van der Waals surface area contributed by atoms with Crippen molar-refractivity contribution in [3.8, 4) is 0 Å². The van der Waals surface area contributed by atoms with Gasteiger partial charge in [0.05, 0.1) is 19.8 Å². The lowest BCUT2D eigenvalue weighted by molar-refractivity contribution is -0.148. The van der Waals surface area contributed by atoms with Gasteiger partial charge < -0.3 is 34.6 Å². The molecule has 0 radical (unpaired) electrons. The molecule has 0 aromatic carbocycles. The summed E-state index contributed by atoms with van der Waals surface area (Å²) in [7, 11) is 0. The molecule has 8 nitrogen and oxygen atoms in total. The van der Waals surface area contributed by atoms with Crippen LogP contribution in [0.4, 0.5) is 0 Å². The lowest BCUT2D eigenvalue weighted by Gasteiger charge is -2.19. The Bertz CT molecular complexity index is 479. The van der Waals surface area contributed by atoms with Crippen LogP contribution in [-0.2, 0) is 19.0 Å². The van der Waals surface area contributed by atoms with Crippen LogP contribution >= 0.6 is 0 Å². The van der Waals surface area contributed by atoms with E-state index in [4.69, 9.17) is 24.4 Å². The fourth-order valence-corrected chi connectivity index (χ4v) is 3.08. The average molecular weight is 419 g/mol. The van der Waals surface area contributed by atoms with Crippen molar-refractivity contribution in [1.82, 2.24) is 0 Å². The van der Waals surface area contributed by atoms with E-state index in [1.807, 2.05) is 0 Å². The van der Waals surface area contributed by atoms with E-state index in [0.717, 1.165) is 19.3 Å². The maximum absolute atomic E-state index is 12.1. The van der Waals surface area contributed by atoms with Crippen LogP contribution in [0, 0.1) is 0 Å². The van der Waals surface area contributed by atoms with Gasteiger partial charge in [0.1, 0.15) is 18.8 Å². The van der Waals surface area contributed by atoms with Crippen LogP contribution in [0.15, 0.2) is 11.5 Å². The third-order valence-electron chi connectivity index (χ3n) is 4.82. The number of aliphatic hydroxyl groups is 4. The molecule has 1 rings (SSSR count). The van der Waals surface area contributed by atoms with Gasteiger partial charge in [-0.2, -0.15) is 0 Å². The van der Waals surface area contributed by atoms with Gasteiger partial charge >= 0.3 is 5.97 Å². The first-order valence-corrected chi connectivity index (χ1v) is 10.8. The lowest BCUT2D eigenvalue weighted by Crippen LogP contribution is -2.33. The summed E-state index contributed by atoms with van der Waals surface area (Å²) in [6.07, 6.45) is 8.09. The van der Waals surface area contributed by atoms with Crippen molar-refractivity contribution in [3.63, 3.8) is 0 Å². The van der Waals surface area contributed by atoms with Gasteiger partial charge in [-0.15, -0.1) is 0 Å². The Morgan fingerprint density at radius 3 is 2.03 bits per heavy atom. The molecule has 0 aromatic heterocycles. The summed E-state index contributed by atoms with van der Waals surface area (Å²) >= 11 is 0. The molecule has 8 heteroatoms. The van der Waals surface area contributed by atoms with Gasteiger partial charge in [-0.1, -0.05) is 64.7 Å². The number of carbonyl (C=O) groups excluding carboxylic acids is 1. The summed E-state index contributed by atoms with van der Waals surface area (Å²) in [5.74, 6) is -0.984. The van der Waals surface area contributed by atoms with Crippen LogP contribution in [0.3, 0.4) is 0 Å². The highest BCUT2D eigenvalue weighted by Crippen LogP contribution is 2.27. The standard InChI is InChI=1S/C21H38O8/c1-2-3-4-5-6-7-8-9-10-11-12-27-20-19(28-15-16(24)13-22)18(17(25)14-23)29-21(20)26/h16-18,22-25H,2-15H2,1H3/t16?,17-,18+/m0/s1. The molecular formula is C21H38O8. The summed E-state index contributed by atoms with van der Waals surface area (Å²) in [4.78, 5) is 12.1. The quantitative estimate of drug-likeness (QED) is 0.196. The molecule has 0 amide bonds. The van der Waals surface area contributed by atoms with Gasteiger partial charge in [-0.25, -0.2) is 4.79 Å². The molecule has 0 bridgehead atoms. The van der Waals surface area contributed by atoms with Crippen molar-refractivity contribution in [2.75, 3.05) is 26.4 Å². The van der Waals surface area contributed by atoms with Crippen molar-refractivity contribution in [2.24, 2.45) is 0 Å². The van der Waals surface area contributed by atoms with Gasteiger partial charge in [0.15, 0.2) is 11.9 Å². The Kier molecular flexibility index (Phi) is 13.7. The highest BCUT2D eigenvalue weighted by molar-refractivity contribution is 5.89. The Labute approximate surface area is 173 Å². The van der Waals surface area contributed by atoms with Crippen LogP contribution < -0.4 is 0 Å². The number of hydrogen-bond donors (Lipinski definition) is 4. The minimum absolute atomic E-state index is 0.0591. The lowest BCUT2D eigenvalue weighted by atomic mass is 10.1. The second-order valence-electron chi connectivity index (χ2n) is 7.45. The van der Waals surface area contributed by atoms with Gasteiger partial charge in [-0.3, -0.25) is 0 Å². The summed E-state index contributed by atoms with van der Waals surface area (Å²) in [6.45, 7) is 1.09. The zero-order valence-corrected chi connectivity index (χ0v) is 17.6. The van der Waals surface area contributed by atoms with Crippen LogP contribution in [0.5, 0.6) is 0 Å². The summed E-state index contributed by atoms with van der Waals surface area (Å²) < 4.78 is 15.9. The highest BCUT2D eigenvalue weighted by Gasteiger charge is 2.42. The van der Waals surface area contributed by atoms with E-state index in [9.17, 15) is 15.0 Å². The number of cyclic esters (lactones) is 1. The second kappa shape index (κ2) is 15.5. The Morgan fingerprint density at radius 1 is 0.897 bits per heavy atom. The van der Waals surface area contributed by atoms with Crippen molar-refractivity contribution in [1.29, 1.82) is 0 Å². The fourth-order valence-electron chi connectivity index (χ4n) is 3.08. The minimum atomic E-state index is -1.36. The first-order chi connectivity index (χ1) is 14.0. The van der Waals surface area contributed by atoms with Crippen molar-refractivity contribution >= 4 is 5.97 Å². The minimum Gasteiger partial charge on any atom is -0.487 e. The molecule has 170 valence electrons. The topological polar surface area (TPSA) is 126 Å². The van der Waals surface area contributed by atoms with E-state index >= 15 is 0 Å². The molecule has 1 aliphatic heterocycles. The molecule has 1 aliphatic rings. The Hall–Kier alpha value is -1.35. The second-order valence-corrected chi connectivity index (χ2v) is 7.45. The molecule has 0 saturated carbocycles. The predicted octanol–water partition coefficient (Wildman–Crippen LogP) is 1.78. The molecule has 0 aromatic rings. The molecule has 0 fully saturated rings. The van der Waals surface area contributed by atoms with E-state index in [1.54, 1.807) is 0 Å². The van der Waals surface area contributed by atoms with E-state index in [-0.39, 0.29) is 18.1 Å². The fraction of sp³-hybridized carbons (Fsp3) is 0.857. The van der Waals surface area contributed by atoms with Crippen LogP contribution in [-0.4, -0.2) is 71.1 Å². The molecule has 3 atom stereocenters. The van der Waals surface area contributed by atoms with Gasteiger partial charge in [-0.05, 0) is 6.42 Å². The van der Waals surface area contributed by atoms with E-state index in [0.29, 0.717) is 6.61 Å². The van der Waals surface area contributed by atoms with Crippen LogP contribution in [0.1, 0.15) is 71.1 Å². The van der Waals surface area contributed by atoms with E-state index in [2.05, 4.69) is 6.92 Å². The van der Waals surface area contributed by atoms with E-state index in [1.165, 1.54) is 44.9 Å². The zero-order chi connectivity index (χ0) is 21.5. The smallest absolute Gasteiger partial charge is 0.378 e. The number of aliphatic hydroxyl groups excluding tert-OH is 4. The summed E-state index contributed by atoms with van der Waals surface area (Å²) in [5, 5.41) is 37.3. The van der Waals surface area contributed by atoms with Crippen molar-refractivity contribution in [2.45, 2.75) is 89.4 Å². The van der Waals surface area contributed by atoms with Crippen molar-refractivity contribution < 1.29 is 39.4 Å². The Balaban J connectivity index is 2.37. The number of hydrogen-bond acceptors (Lipinski definition) is 8. The third-order valence-corrected chi connectivity index (χ3v) is 4.82. The molecule has 0 saturated heterocycles. The SMILES string of the molecule is CCCCCCCCCCCCOC1=C(OCC(O)CO)[C@@H]([C@@H](O)CO)OC1=O. The maximum Gasteiger partial charge on any atom is 0.378 e.